The van der Waals surface area contributed by atoms with Crippen molar-refractivity contribution in [2.45, 2.75) is 0 Å². The van der Waals surface area contributed by atoms with Gasteiger partial charge in [-0.05, 0) is 35.4 Å². The topological polar surface area (TPSA) is 140 Å². The van der Waals surface area contributed by atoms with Crippen LogP contribution in [-0.2, 0) is 0 Å². The second kappa shape index (κ2) is 7.51. The molecule has 0 amide bonds. The van der Waals surface area contributed by atoms with Crippen LogP contribution in [0.15, 0.2) is 84.9 Å². The first kappa shape index (κ1) is 19.3. The van der Waals surface area contributed by atoms with Crippen LogP contribution < -0.4 is 22.9 Å². The lowest BCUT2D eigenvalue weighted by Crippen LogP contribution is -2.02. The second-order valence-electron chi connectivity index (χ2n) is 7.36. The van der Waals surface area contributed by atoms with Crippen molar-refractivity contribution < 1.29 is 0 Å². The number of para-hydroxylation sites is 2. The van der Waals surface area contributed by atoms with E-state index in [0.717, 1.165) is 22.5 Å². The van der Waals surface area contributed by atoms with Gasteiger partial charge in [0.05, 0.1) is 22.5 Å². The minimum absolute atomic E-state index is 0.357. The van der Waals surface area contributed by atoms with Gasteiger partial charge in [-0.3, -0.25) is 0 Å². The molecule has 8 nitrogen and oxygen atoms in total. The molecule has 8 heteroatoms. The van der Waals surface area contributed by atoms with Gasteiger partial charge in [0.1, 0.15) is 11.6 Å². The van der Waals surface area contributed by atoms with Crippen LogP contribution in [0.2, 0.25) is 0 Å². The highest BCUT2D eigenvalue weighted by Gasteiger charge is 2.19. The Morgan fingerprint density at radius 3 is 1.16 bits per heavy atom. The van der Waals surface area contributed by atoms with Gasteiger partial charge in [-0.25, -0.2) is 9.36 Å². The average Bonchev–Trinajstić information content (AvgIpc) is 3.29. The normalized spacial score (nSPS) is 11.0. The highest BCUT2D eigenvalue weighted by atomic mass is 15.3. The Morgan fingerprint density at radius 2 is 0.812 bits per heavy atom. The van der Waals surface area contributed by atoms with Crippen molar-refractivity contribution in [1.82, 2.24) is 19.6 Å². The van der Waals surface area contributed by atoms with Crippen LogP contribution in [-0.4, -0.2) is 19.6 Å². The summed E-state index contributed by atoms with van der Waals surface area (Å²) in [5, 5.41) is 8.84. The highest BCUT2D eigenvalue weighted by Crippen LogP contribution is 2.37. The molecule has 0 fully saturated rings. The molecule has 0 saturated heterocycles. The fourth-order valence-corrected chi connectivity index (χ4v) is 3.82. The third kappa shape index (κ3) is 3.10. The first-order valence-corrected chi connectivity index (χ1v) is 10.0. The Morgan fingerprint density at radius 1 is 0.469 bits per heavy atom. The molecular formula is C24H22N8. The van der Waals surface area contributed by atoms with Gasteiger partial charge in [-0.2, -0.15) is 0 Å². The van der Waals surface area contributed by atoms with Gasteiger partial charge in [0.15, 0.2) is 11.6 Å². The largest absolute Gasteiger partial charge is 0.383 e. The van der Waals surface area contributed by atoms with Crippen molar-refractivity contribution in [3.63, 3.8) is 0 Å². The fraction of sp³-hybridized carbons (Fsp3) is 0. The van der Waals surface area contributed by atoms with E-state index in [4.69, 9.17) is 22.9 Å². The summed E-state index contributed by atoms with van der Waals surface area (Å²) in [7, 11) is 0. The van der Waals surface area contributed by atoms with E-state index in [2.05, 4.69) is 10.2 Å². The Bertz CT molecular complexity index is 1280. The lowest BCUT2D eigenvalue weighted by molar-refractivity contribution is 0.897. The first-order chi connectivity index (χ1) is 15.5. The summed E-state index contributed by atoms with van der Waals surface area (Å²) in [4.78, 5) is 0. The summed E-state index contributed by atoms with van der Waals surface area (Å²) >= 11 is 0. The quantitative estimate of drug-likeness (QED) is 0.348. The van der Waals surface area contributed by atoms with E-state index in [1.807, 2.05) is 84.9 Å². The smallest absolute Gasteiger partial charge is 0.156 e. The number of nitrogen functional groups attached to an aromatic ring is 4. The average molecular weight is 422 g/mol. The summed E-state index contributed by atoms with van der Waals surface area (Å²) in [5.41, 5.74) is 30.0. The lowest BCUT2D eigenvalue weighted by Gasteiger charge is -2.07. The predicted molar refractivity (Wildman–Crippen MR) is 129 cm³/mol. The lowest BCUT2D eigenvalue weighted by atomic mass is 10.0. The van der Waals surface area contributed by atoms with Crippen LogP contribution in [0, 0.1) is 0 Å². The van der Waals surface area contributed by atoms with E-state index in [1.54, 1.807) is 9.36 Å². The maximum absolute atomic E-state index is 6.40. The van der Waals surface area contributed by atoms with Gasteiger partial charge in [-0.15, -0.1) is 10.2 Å². The zero-order valence-corrected chi connectivity index (χ0v) is 17.2. The SMILES string of the molecule is Nc1nn(-c2ccccc2)c(N)c1-c1ccc(-c2c(N)nn(-c3ccccc3)c2N)cc1. The van der Waals surface area contributed by atoms with Gasteiger partial charge in [-0.1, -0.05) is 60.7 Å². The maximum Gasteiger partial charge on any atom is 0.156 e. The number of anilines is 4. The molecule has 32 heavy (non-hydrogen) atoms. The van der Waals surface area contributed by atoms with Crippen molar-refractivity contribution in [2.75, 3.05) is 22.9 Å². The van der Waals surface area contributed by atoms with Gasteiger partial charge in [0.25, 0.3) is 0 Å². The molecule has 2 heterocycles. The Kier molecular flexibility index (Phi) is 4.52. The molecule has 3 aromatic carbocycles. The number of hydrogen-bond acceptors (Lipinski definition) is 6. The molecule has 158 valence electrons. The third-order valence-corrected chi connectivity index (χ3v) is 5.36. The fourth-order valence-electron chi connectivity index (χ4n) is 3.82. The summed E-state index contributed by atoms with van der Waals surface area (Å²) in [6.45, 7) is 0. The van der Waals surface area contributed by atoms with E-state index < -0.39 is 0 Å². The Balaban J connectivity index is 1.53. The van der Waals surface area contributed by atoms with Crippen LogP contribution in [0.4, 0.5) is 23.3 Å². The van der Waals surface area contributed by atoms with Crippen molar-refractivity contribution in [2.24, 2.45) is 0 Å². The maximum atomic E-state index is 6.40. The summed E-state index contributed by atoms with van der Waals surface area (Å²) in [5.74, 6) is 1.65. The van der Waals surface area contributed by atoms with Crippen LogP contribution in [0.25, 0.3) is 33.6 Å². The number of nitrogens with zero attached hydrogens (tertiary/aromatic N) is 4. The van der Waals surface area contributed by atoms with E-state index in [0.29, 0.717) is 34.4 Å². The minimum atomic E-state index is 0.357. The van der Waals surface area contributed by atoms with E-state index >= 15 is 0 Å². The molecule has 0 unspecified atom stereocenters. The summed E-state index contributed by atoms with van der Waals surface area (Å²) in [6.07, 6.45) is 0. The summed E-state index contributed by atoms with van der Waals surface area (Å²) in [6, 6.07) is 26.9. The van der Waals surface area contributed by atoms with Crippen LogP contribution in [0.1, 0.15) is 0 Å². The van der Waals surface area contributed by atoms with E-state index in [9.17, 15) is 0 Å². The molecule has 8 N–H and O–H groups in total. The zero-order valence-electron chi connectivity index (χ0n) is 17.2. The number of hydrogen-bond donors (Lipinski definition) is 4. The molecule has 5 aromatic rings. The Hall–Kier alpha value is -4.72. The molecule has 0 aliphatic rings. The van der Waals surface area contributed by atoms with Crippen molar-refractivity contribution in [1.29, 1.82) is 0 Å². The number of rotatable bonds is 4. The van der Waals surface area contributed by atoms with Gasteiger partial charge >= 0.3 is 0 Å². The molecule has 0 atom stereocenters. The second-order valence-corrected chi connectivity index (χ2v) is 7.36. The molecule has 0 aliphatic carbocycles. The molecular weight excluding hydrogens is 400 g/mol. The molecule has 0 saturated carbocycles. The first-order valence-electron chi connectivity index (χ1n) is 10.0. The van der Waals surface area contributed by atoms with Gasteiger partial charge < -0.3 is 22.9 Å². The standard InChI is InChI=1S/C24H22N8/c25-21-19(23(27)31(29-21)17-7-3-1-4-8-17)15-11-13-16(14-12-15)20-22(26)30-32(24(20)28)18-9-5-2-6-10-18/h1-14H,27-28H2,(H2,25,29)(H2,26,30). The van der Waals surface area contributed by atoms with Crippen molar-refractivity contribution in [3.05, 3.63) is 84.9 Å². The van der Waals surface area contributed by atoms with Gasteiger partial charge in [0, 0.05) is 0 Å². The molecule has 2 aromatic heterocycles. The number of benzene rings is 3. The summed E-state index contributed by atoms with van der Waals surface area (Å²) < 4.78 is 3.27. The predicted octanol–water partition coefficient (Wildman–Crippen LogP) is 3.72. The Labute approximate surface area is 184 Å². The van der Waals surface area contributed by atoms with Crippen molar-refractivity contribution in [3.8, 4) is 33.6 Å². The van der Waals surface area contributed by atoms with E-state index in [1.165, 1.54) is 0 Å². The molecule has 0 spiro atoms. The molecule has 5 rings (SSSR count). The van der Waals surface area contributed by atoms with Crippen LogP contribution in [0.3, 0.4) is 0 Å². The number of aromatic nitrogens is 4. The van der Waals surface area contributed by atoms with Crippen LogP contribution >= 0.6 is 0 Å². The molecule has 0 aliphatic heterocycles. The minimum Gasteiger partial charge on any atom is -0.383 e. The van der Waals surface area contributed by atoms with Crippen molar-refractivity contribution >= 4 is 23.3 Å². The third-order valence-electron chi connectivity index (χ3n) is 5.36. The number of nitrogens with two attached hydrogens (primary N) is 4. The van der Waals surface area contributed by atoms with Gasteiger partial charge in [0.2, 0.25) is 0 Å². The zero-order chi connectivity index (χ0) is 22.2. The highest BCUT2D eigenvalue weighted by molar-refractivity contribution is 5.88. The molecule has 0 bridgehead atoms. The monoisotopic (exact) mass is 422 g/mol. The van der Waals surface area contributed by atoms with Crippen LogP contribution in [0.5, 0.6) is 0 Å². The molecule has 0 radical (unpaired) electrons. The van der Waals surface area contributed by atoms with E-state index in [-0.39, 0.29) is 0 Å².